The van der Waals surface area contributed by atoms with Crippen LogP contribution < -0.4 is 0 Å². The first-order valence-electron chi connectivity index (χ1n) is 13.6. The van der Waals surface area contributed by atoms with Gasteiger partial charge in [-0.1, -0.05) is 89.1 Å². The Bertz CT molecular complexity index is 894. The van der Waals surface area contributed by atoms with Crippen molar-refractivity contribution in [2.24, 2.45) is 11.8 Å². The number of fused-ring (bicyclic) bond motifs is 1. The fourth-order valence-electron chi connectivity index (χ4n) is 6.69. The summed E-state index contributed by atoms with van der Waals surface area (Å²) in [5, 5.41) is 0.705. The van der Waals surface area contributed by atoms with Crippen molar-refractivity contribution >= 4 is 11.6 Å². The number of nitrogens with zero attached hydrogens (tertiary/aromatic N) is 3. The summed E-state index contributed by atoms with van der Waals surface area (Å²) in [6.45, 7) is 8.66. The molecule has 2 aliphatic carbocycles. The second kappa shape index (κ2) is 11.4. The third kappa shape index (κ3) is 5.20. The SMILES string of the molecule is CCCCn1c(-c2c(CC)cccc2CC)nc(Cl)c1CN(C)C1CCC[C@H]2CCCC[C@@H]12. The summed E-state index contributed by atoms with van der Waals surface area (Å²) in [4.78, 5) is 7.66. The van der Waals surface area contributed by atoms with E-state index in [0.29, 0.717) is 11.2 Å². The Labute approximate surface area is 206 Å². The number of aromatic nitrogens is 2. The van der Waals surface area contributed by atoms with E-state index in [0.717, 1.165) is 50.0 Å². The molecule has 3 nitrogen and oxygen atoms in total. The van der Waals surface area contributed by atoms with Gasteiger partial charge in [-0.2, -0.15) is 0 Å². The zero-order chi connectivity index (χ0) is 23.4. The number of hydrogen-bond donors (Lipinski definition) is 0. The molecule has 3 atom stereocenters. The second-order valence-electron chi connectivity index (χ2n) is 10.5. The monoisotopic (exact) mass is 469 g/mol. The Balaban J connectivity index is 1.69. The molecule has 0 amide bonds. The van der Waals surface area contributed by atoms with Crippen molar-refractivity contribution in [2.45, 2.75) is 111 Å². The van der Waals surface area contributed by atoms with E-state index in [1.165, 1.54) is 73.8 Å². The quantitative estimate of drug-likeness (QED) is 0.371. The average Bonchev–Trinajstić information content (AvgIpc) is 3.15. The largest absolute Gasteiger partial charge is 0.325 e. The molecule has 0 spiro atoms. The lowest BCUT2D eigenvalue weighted by molar-refractivity contribution is 0.0505. The van der Waals surface area contributed by atoms with Gasteiger partial charge >= 0.3 is 0 Å². The minimum Gasteiger partial charge on any atom is -0.325 e. The molecular weight excluding hydrogens is 426 g/mol. The van der Waals surface area contributed by atoms with Crippen LogP contribution in [-0.4, -0.2) is 27.5 Å². The zero-order valence-corrected chi connectivity index (χ0v) is 22.1. The molecule has 2 aromatic rings. The highest BCUT2D eigenvalue weighted by Crippen LogP contribution is 2.43. The summed E-state index contributed by atoms with van der Waals surface area (Å²) in [6.07, 6.45) is 14.2. The Hall–Kier alpha value is -1.32. The Morgan fingerprint density at radius 3 is 2.39 bits per heavy atom. The average molecular weight is 470 g/mol. The second-order valence-corrected chi connectivity index (χ2v) is 10.8. The highest BCUT2D eigenvalue weighted by Gasteiger charge is 2.37. The van der Waals surface area contributed by atoms with Gasteiger partial charge in [0.25, 0.3) is 0 Å². The van der Waals surface area contributed by atoms with E-state index in [2.05, 4.69) is 55.5 Å². The first-order chi connectivity index (χ1) is 16.1. The fourth-order valence-corrected chi connectivity index (χ4v) is 6.93. The van der Waals surface area contributed by atoms with E-state index in [1.807, 2.05) is 0 Å². The number of aryl methyl sites for hydroxylation is 2. The Morgan fingerprint density at radius 1 is 1.00 bits per heavy atom. The van der Waals surface area contributed by atoms with Gasteiger partial charge in [-0.05, 0) is 62.1 Å². The van der Waals surface area contributed by atoms with Crippen LogP contribution in [0, 0.1) is 11.8 Å². The molecule has 1 aromatic carbocycles. The van der Waals surface area contributed by atoms with Gasteiger partial charge in [-0.15, -0.1) is 0 Å². The van der Waals surface area contributed by atoms with Crippen molar-refractivity contribution < 1.29 is 0 Å². The molecule has 0 radical (unpaired) electrons. The predicted octanol–water partition coefficient (Wildman–Crippen LogP) is 7.92. The topological polar surface area (TPSA) is 21.1 Å². The third-order valence-corrected chi connectivity index (χ3v) is 8.79. The van der Waals surface area contributed by atoms with Gasteiger partial charge in [0.2, 0.25) is 0 Å². The van der Waals surface area contributed by atoms with Gasteiger partial charge in [-0.25, -0.2) is 4.98 Å². The van der Waals surface area contributed by atoms with E-state index in [-0.39, 0.29) is 0 Å². The van der Waals surface area contributed by atoms with Crippen molar-refractivity contribution in [2.75, 3.05) is 7.05 Å². The van der Waals surface area contributed by atoms with Crippen molar-refractivity contribution in [3.63, 3.8) is 0 Å². The summed E-state index contributed by atoms with van der Waals surface area (Å²) in [5.41, 5.74) is 5.30. The summed E-state index contributed by atoms with van der Waals surface area (Å²) in [7, 11) is 2.34. The van der Waals surface area contributed by atoms with Gasteiger partial charge in [0.05, 0.1) is 5.69 Å². The van der Waals surface area contributed by atoms with Crippen LogP contribution in [0.25, 0.3) is 11.4 Å². The first-order valence-corrected chi connectivity index (χ1v) is 14.0. The number of imidazole rings is 1. The lowest BCUT2D eigenvalue weighted by Gasteiger charge is -2.45. The van der Waals surface area contributed by atoms with Gasteiger partial charge in [-0.3, -0.25) is 4.90 Å². The van der Waals surface area contributed by atoms with Gasteiger partial charge in [0.1, 0.15) is 5.82 Å². The summed E-state index contributed by atoms with van der Waals surface area (Å²) < 4.78 is 2.47. The summed E-state index contributed by atoms with van der Waals surface area (Å²) >= 11 is 6.93. The third-order valence-electron chi connectivity index (χ3n) is 8.48. The standard InChI is InChI=1S/C29H44ClN3/c1-5-8-19-33-26(20-32(4)25-18-12-16-23-13-9-10-17-24(23)25)28(30)31-29(33)27-21(6-2)14-11-15-22(27)7-3/h11,14-15,23-25H,5-10,12-13,16-20H2,1-4H3/t23-,24-,25?/m1/s1. The maximum Gasteiger partial charge on any atom is 0.152 e. The number of rotatable bonds is 9. The Kier molecular flexibility index (Phi) is 8.57. The van der Waals surface area contributed by atoms with Crippen LogP contribution >= 0.6 is 11.6 Å². The molecule has 0 bridgehead atoms. The van der Waals surface area contributed by atoms with E-state index >= 15 is 0 Å². The highest BCUT2D eigenvalue weighted by atomic mass is 35.5. The van der Waals surface area contributed by atoms with E-state index in [4.69, 9.17) is 16.6 Å². The molecule has 0 aliphatic heterocycles. The number of unbranched alkanes of at least 4 members (excludes halogenated alkanes) is 1. The van der Waals surface area contributed by atoms with Crippen molar-refractivity contribution in [3.05, 3.63) is 40.2 Å². The minimum atomic E-state index is 0.687. The van der Waals surface area contributed by atoms with Crippen molar-refractivity contribution in [3.8, 4) is 11.4 Å². The molecule has 4 rings (SSSR count). The van der Waals surface area contributed by atoms with Crippen molar-refractivity contribution in [1.82, 2.24) is 14.5 Å². The lowest BCUT2D eigenvalue weighted by Crippen LogP contribution is -2.44. The maximum absolute atomic E-state index is 6.93. The molecule has 33 heavy (non-hydrogen) atoms. The van der Waals surface area contributed by atoms with Gasteiger partial charge in [0.15, 0.2) is 5.15 Å². The minimum absolute atomic E-state index is 0.687. The van der Waals surface area contributed by atoms with Crippen molar-refractivity contribution in [1.29, 1.82) is 0 Å². The molecule has 2 fully saturated rings. The maximum atomic E-state index is 6.93. The molecule has 2 saturated carbocycles. The van der Waals surface area contributed by atoms with Crippen LogP contribution in [-0.2, 0) is 25.9 Å². The fraction of sp³-hybridized carbons (Fsp3) is 0.690. The lowest BCUT2D eigenvalue weighted by atomic mass is 9.68. The van der Waals surface area contributed by atoms with Crippen LogP contribution in [0.15, 0.2) is 18.2 Å². The number of benzene rings is 1. The normalized spacial score (nSPS) is 23.2. The molecule has 1 unspecified atom stereocenters. The number of hydrogen-bond acceptors (Lipinski definition) is 2. The molecule has 4 heteroatoms. The van der Waals surface area contributed by atoms with Crippen LogP contribution in [0.5, 0.6) is 0 Å². The molecule has 0 saturated heterocycles. The van der Waals surface area contributed by atoms with E-state index in [9.17, 15) is 0 Å². The van der Waals surface area contributed by atoms with E-state index in [1.54, 1.807) is 0 Å². The predicted molar refractivity (Wildman–Crippen MR) is 141 cm³/mol. The van der Waals surface area contributed by atoms with Crippen LogP contribution in [0.3, 0.4) is 0 Å². The molecular formula is C29H44ClN3. The molecule has 1 aromatic heterocycles. The van der Waals surface area contributed by atoms with Gasteiger partial charge < -0.3 is 4.57 Å². The van der Waals surface area contributed by atoms with Crippen LogP contribution in [0.4, 0.5) is 0 Å². The summed E-state index contributed by atoms with van der Waals surface area (Å²) in [6, 6.07) is 7.41. The number of halogens is 1. The summed E-state index contributed by atoms with van der Waals surface area (Å²) in [5.74, 6) is 2.90. The molecule has 2 aliphatic rings. The first kappa shape index (κ1) is 24.8. The van der Waals surface area contributed by atoms with Gasteiger partial charge in [0, 0.05) is 24.7 Å². The van der Waals surface area contributed by atoms with Crippen LogP contribution in [0.2, 0.25) is 5.15 Å². The van der Waals surface area contributed by atoms with Crippen LogP contribution in [0.1, 0.15) is 95.4 Å². The molecule has 1 heterocycles. The highest BCUT2D eigenvalue weighted by molar-refractivity contribution is 6.30. The smallest absolute Gasteiger partial charge is 0.152 e. The Morgan fingerprint density at radius 2 is 1.70 bits per heavy atom. The van der Waals surface area contributed by atoms with E-state index < -0.39 is 0 Å². The molecule has 182 valence electrons. The molecule has 0 N–H and O–H groups in total. The zero-order valence-electron chi connectivity index (χ0n) is 21.4.